The van der Waals surface area contributed by atoms with E-state index in [0.29, 0.717) is 35.6 Å². The van der Waals surface area contributed by atoms with Crippen LogP contribution in [0.2, 0.25) is 0 Å². The van der Waals surface area contributed by atoms with Crippen LogP contribution >= 0.6 is 0 Å². The number of nitrogens with one attached hydrogen (secondary N) is 1. The molecule has 0 spiro atoms. The van der Waals surface area contributed by atoms with E-state index < -0.39 is 51.5 Å². The fraction of sp³-hybridized carbons (Fsp3) is 0.632. The zero-order valence-electron chi connectivity index (χ0n) is 16.1. The summed E-state index contributed by atoms with van der Waals surface area (Å²) in [6.07, 6.45) is -1.51. The molecule has 1 amide bonds. The van der Waals surface area contributed by atoms with Crippen molar-refractivity contribution in [2.45, 2.75) is 57.5 Å². The van der Waals surface area contributed by atoms with Crippen LogP contribution in [0, 0.1) is 17.2 Å². The number of aromatic hydroxyl groups is 1. The number of carbonyl (C=O) groups excluding carboxylic acids is 1. The molecule has 0 unspecified atom stereocenters. The van der Waals surface area contributed by atoms with Crippen molar-refractivity contribution in [2.75, 3.05) is 10.8 Å². The Hall–Kier alpha value is -2.04. The molecule has 6 nitrogen and oxygen atoms in total. The summed E-state index contributed by atoms with van der Waals surface area (Å²) < 4.78 is 80.8. The molecule has 3 aliphatic rings. The molecule has 2 N–H and O–H groups in total. The van der Waals surface area contributed by atoms with Gasteiger partial charge in [-0.3, -0.25) is 4.79 Å². The standard InChI is InChI=1S/C19H22F4N2O4S/c20-16-13-8-11(2-1-5-18(6-7-18)19(21,22)23)3-4-12(13)9-14(26)17(16)25-10-15(27)24-30(25,28)29/h9,11,26H,1-8,10H2,(H,24,27)/t11-/m1/s1. The van der Waals surface area contributed by atoms with Gasteiger partial charge in [-0.1, -0.05) is 12.8 Å². The molecule has 0 bridgehead atoms. The van der Waals surface area contributed by atoms with Crippen molar-refractivity contribution < 1.29 is 35.9 Å². The number of amides is 1. The lowest BCUT2D eigenvalue weighted by Crippen LogP contribution is -2.31. The smallest absolute Gasteiger partial charge is 0.394 e. The van der Waals surface area contributed by atoms with Gasteiger partial charge in [0.05, 0.1) is 5.41 Å². The Morgan fingerprint density at radius 3 is 2.57 bits per heavy atom. The van der Waals surface area contributed by atoms with Crippen LogP contribution in [-0.4, -0.2) is 32.2 Å². The Kier molecular flexibility index (Phi) is 4.94. The molecule has 1 aromatic carbocycles. The van der Waals surface area contributed by atoms with E-state index in [2.05, 4.69) is 0 Å². The largest absolute Gasteiger partial charge is 0.506 e. The van der Waals surface area contributed by atoms with Gasteiger partial charge in [-0.25, -0.2) is 13.4 Å². The summed E-state index contributed by atoms with van der Waals surface area (Å²) in [5.74, 6) is -2.32. The van der Waals surface area contributed by atoms with E-state index in [0.717, 1.165) is 0 Å². The average molecular weight is 450 g/mol. The predicted octanol–water partition coefficient (Wildman–Crippen LogP) is 3.33. The SMILES string of the molecule is O=C1CN(c2c(O)cc3c(c2F)C[C@H](CCCC2(C(F)(F)F)CC2)CC3)S(=O)(=O)N1. The zero-order valence-corrected chi connectivity index (χ0v) is 16.9. The Bertz CT molecular complexity index is 989. The van der Waals surface area contributed by atoms with Crippen molar-refractivity contribution in [2.24, 2.45) is 11.3 Å². The number of fused-ring (bicyclic) bond motifs is 1. The van der Waals surface area contributed by atoms with Gasteiger partial charge in [0.25, 0.3) is 5.91 Å². The minimum atomic E-state index is -4.28. The van der Waals surface area contributed by atoms with Crippen LogP contribution in [-0.2, 0) is 27.8 Å². The van der Waals surface area contributed by atoms with E-state index in [4.69, 9.17) is 0 Å². The molecule has 1 aromatic rings. The van der Waals surface area contributed by atoms with Crippen molar-refractivity contribution in [3.63, 3.8) is 0 Å². The van der Waals surface area contributed by atoms with Gasteiger partial charge in [-0.2, -0.15) is 21.6 Å². The summed E-state index contributed by atoms with van der Waals surface area (Å²) in [7, 11) is -4.28. The molecule has 1 heterocycles. The van der Waals surface area contributed by atoms with Crippen molar-refractivity contribution >= 4 is 21.8 Å². The zero-order chi connectivity index (χ0) is 21.9. The topological polar surface area (TPSA) is 86.7 Å². The van der Waals surface area contributed by atoms with Gasteiger partial charge >= 0.3 is 16.4 Å². The number of alkyl halides is 3. The number of carbonyl (C=O) groups is 1. The highest BCUT2D eigenvalue weighted by atomic mass is 32.2. The van der Waals surface area contributed by atoms with Gasteiger partial charge in [0, 0.05) is 0 Å². The van der Waals surface area contributed by atoms with Gasteiger partial charge < -0.3 is 5.11 Å². The molecular weight excluding hydrogens is 428 g/mol. The van der Waals surface area contributed by atoms with E-state index in [1.54, 1.807) is 4.72 Å². The third-order valence-corrected chi connectivity index (χ3v) is 7.90. The Morgan fingerprint density at radius 2 is 2.00 bits per heavy atom. The Labute approximate surface area is 171 Å². The van der Waals surface area contributed by atoms with Crippen molar-refractivity contribution in [1.29, 1.82) is 0 Å². The molecule has 30 heavy (non-hydrogen) atoms. The summed E-state index contributed by atoms with van der Waals surface area (Å²) in [4.78, 5) is 11.5. The summed E-state index contributed by atoms with van der Waals surface area (Å²) in [5.41, 5.74) is -1.31. The Balaban J connectivity index is 1.50. The maximum absolute atomic E-state index is 15.2. The van der Waals surface area contributed by atoms with Crippen LogP contribution in [0.3, 0.4) is 0 Å². The monoisotopic (exact) mass is 450 g/mol. The quantitative estimate of drug-likeness (QED) is 0.674. The lowest BCUT2D eigenvalue weighted by Gasteiger charge is -2.28. The fourth-order valence-corrected chi connectivity index (χ4v) is 5.76. The summed E-state index contributed by atoms with van der Waals surface area (Å²) in [5, 5.41) is 10.2. The van der Waals surface area contributed by atoms with Crippen LogP contribution in [0.15, 0.2) is 6.07 Å². The molecule has 0 radical (unpaired) electrons. The first-order valence-electron chi connectivity index (χ1n) is 9.87. The number of hydrogen-bond acceptors (Lipinski definition) is 4. The molecule has 1 aliphatic heterocycles. The number of benzene rings is 1. The van der Waals surface area contributed by atoms with Crippen LogP contribution in [0.1, 0.15) is 49.7 Å². The van der Waals surface area contributed by atoms with E-state index in [1.165, 1.54) is 6.07 Å². The van der Waals surface area contributed by atoms with Gasteiger partial charge in [0.1, 0.15) is 18.0 Å². The first-order chi connectivity index (χ1) is 13.9. The molecule has 2 fully saturated rings. The second-order valence-electron chi connectivity index (χ2n) is 8.51. The number of phenolic OH excluding ortho intramolecular Hbond substituents is 1. The third kappa shape index (κ3) is 3.61. The Morgan fingerprint density at radius 1 is 1.30 bits per heavy atom. The van der Waals surface area contributed by atoms with E-state index >= 15 is 4.39 Å². The molecule has 0 aromatic heterocycles. The molecular formula is C19H22F4N2O4S. The van der Waals surface area contributed by atoms with Crippen LogP contribution in [0.5, 0.6) is 5.75 Å². The first-order valence-corrected chi connectivity index (χ1v) is 11.3. The molecule has 11 heteroatoms. The van der Waals surface area contributed by atoms with E-state index in [1.807, 2.05) is 0 Å². The predicted molar refractivity (Wildman–Crippen MR) is 99.6 cm³/mol. The maximum atomic E-state index is 15.2. The van der Waals surface area contributed by atoms with E-state index in [-0.39, 0.29) is 37.2 Å². The summed E-state index contributed by atoms with van der Waals surface area (Å²) in [6.45, 7) is -0.630. The highest BCUT2D eigenvalue weighted by Gasteiger charge is 2.62. The second kappa shape index (κ2) is 7.00. The fourth-order valence-electron chi connectivity index (χ4n) is 4.60. The van der Waals surface area contributed by atoms with Gasteiger partial charge in [0.2, 0.25) is 0 Å². The maximum Gasteiger partial charge on any atom is 0.394 e. The number of nitrogens with zero attached hydrogens (tertiary/aromatic N) is 1. The van der Waals surface area contributed by atoms with Crippen molar-refractivity contribution in [3.8, 4) is 5.75 Å². The minimum absolute atomic E-state index is 0.0247. The third-order valence-electron chi connectivity index (χ3n) is 6.52. The molecule has 1 atom stereocenters. The number of aryl methyl sites for hydroxylation is 1. The number of hydrogen-bond donors (Lipinski definition) is 2. The number of anilines is 1. The molecule has 1 saturated heterocycles. The normalized spacial score (nSPS) is 24.5. The van der Waals surface area contributed by atoms with E-state index in [9.17, 15) is 31.5 Å². The first kappa shape index (κ1) is 21.2. The highest BCUT2D eigenvalue weighted by Crippen LogP contribution is 2.60. The van der Waals surface area contributed by atoms with Crippen molar-refractivity contribution in [1.82, 2.24) is 4.72 Å². The van der Waals surface area contributed by atoms with Crippen LogP contribution in [0.4, 0.5) is 23.2 Å². The highest BCUT2D eigenvalue weighted by molar-refractivity contribution is 7.92. The lowest BCUT2D eigenvalue weighted by atomic mass is 9.80. The lowest BCUT2D eigenvalue weighted by molar-refractivity contribution is -0.189. The minimum Gasteiger partial charge on any atom is -0.506 e. The van der Waals surface area contributed by atoms with Gasteiger partial charge in [-0.05, 0) is 61.6 Å². The second-order valence-corrected chi connectivity index (χ2v) is 10.1. The average Bonchev–Trinajstić information content (AvgIpc) is 3.37. The summed E-state index contributed by atoms with van der Waals surface area (Å²) >= 11 is 0. The van der Waals surface area contributed by atoms with Crippen LogP contribution in [0.25, 0.3) is 0 Å². The molecule has 1 saturated carbocycles. The molecule has 4 rings (SSSR count). The number of phenols is 1. The number of halogens is 4. The van der Waals surface area contributed by atoms with Crippen LogP contribution < -0.4 is 9.03 Å². The van der Waals surface area contributed by atoms with Crippen molar-refractivity contribution in [3.05, 3.63) is 23.0 Å². The molecule has 2 aliphatic carbocycles. The van der Waals surface area contributed by atoms with Gasteiger partial charge in [-0.15, -0.1) is 0 Å². The summed E-state index contributed by atoms with van der Waals surface area (Å²) in [6, 6.07) is 1.31. The van der Waals surface area contributed by atoms with Gasteiger partial charge in [0.15, 0.2) is 5.82 Å². The molecule has 166 valence electrons. The number of rotatable bonds is 5.